The fourth-order valence-corrected chi connectivity index (χ4v) is 4.25. The van der Waals surface area contributed by atoms with Crippen LogP contribution in [-0.2, 0) is 4.79 Å². The van der Waals surface area contributed by atoms with Crippen LogP contribution in [0.5, 0.6) is 0 Å². The molecule has 0 N–H and O–H groups in total. The van der Waals surface area contributed by atoms with Crippen LogP contribution in [0.3, 0.4) is 0 Å². The average Bonchev–Trinajstić information content (AvgIpc) is 3.42. The molecule has 0 saturated carbocycles. The molecule has 4 heterocycles. The van der Waals surface area contributed by atoms with Gasteiger partial charge in [-0.15, -0.1) is 5.10 Å². The van der Waals surface area contributed by atoms with Crippen molar-refractivity contribution in [1.82, 2.24) is 29.4 Å². The van der Waals surface area contributed by atoms with Gasteiger partial charge in [0, 0.05) is 43.9 Å². The van der Waals surface area contributed by atoms with Gasteiger partial charge in [-0.3, -0.25) is 9.48 Å². The zero-order valence-corrected chi connectivity index (χ0v) is 16.2. The Kier molecular flexibility index (Phi) is 5.02. The van der Waals surface area contributed by atoms with Crippen molar-refractivity contribution in [3.05, 3.63) is 35.9 Å². The van der Waals surface area contributed by atoms with Gasteiger partial charge in [-0.1, -0.05) is 9.64 Å². The standard InChI is InChI=1S/C18H22N6O2S/c1-12-9-15(26-21-12)18-17(20-22-27-18)14-5-3-7-23(11-14)16(25)10-13(2)24-8-4-6-19-24/h4,6,8-9,13-14H,3,5,7,10-11H2,1-2H3. The SMILES string of the molecule is Cc1cc(-c2snnc2C2CCCN(C(=O)CC(C)n3cccn3)C2)on1. The second kappa shape index (κ2) is 7.59. The van der Waals surface area contributed by atoms with Crippen LogP contribution in [0.4, 0.5) is 0 Å². The number of amides is 1. The van der Waals surface area contributed by atoms with Crippen molar-refractivity contribution in [2.75, 3.05) is 13.1 Å². The summed E-state index contributed by atoms with van der Waals surface area (Å²) in [5.74, 6) is 1.03. The Hall–Kier alpha value is -2.55. The van der Waals surface area contributed by atoms with Crippen molar-refractivity contribution in [2.24, 2.45) is 0 Å². The molecule has 1 aliphatic heterocycles. The highest BCUT2D eigenvalue weighted by Gasteiger charge is 2.30. The summed E-state index contributed by atoms with van der Waals surface area (Å²) in [5, 5.41) is 12.5. The topological polar surface area (TPSA) is 89.9 Å². The van der Waals surface area contributed by atoms with E-state index in [1.54, 1.807) is 6.20 Å². The van der Waals surface area contributed by atoms with Crippen molar-refractivity contribution in [3.63, 3.8) is 0 Å². The number of likely N-dealkylation sites (tertiary alicyclic amines) is 1. The third kappa shape index (κ3) is 3.78. The molecule has 1 fully saturated rings. The second-order valence-electron chi connectivity index (χ2n) is 7.04. The maximum atomic E-state index is 12.8. The van der Waals surface area contributed by atoms with Crippen LogP contribution >= 0.6 is 11.5 Å². The van der Waals surface area contributed by atoms with E-state index in [1.165, 1.54) is 11.5 Å². The molecule has 8 nitrogen and oxygen atoms in total. The lowest BCUT2D eigenvalue weighted by molar-refractivity contribution is -0.133. The Balaban J connectivity index is 1.46. The Morgan fingerprint density at radius 3 is 3.11 bits per heavy atom. The molecule has 9 heteroatoms. The summed E-state index contributed by atoms with van der Waals surface area (Å²) in [6.07, 6.45) is 6.02. The minimum atomic E-state index is 0.0431. The van der Waals surface area contributed by atoms with Gasteiger partial charge in [0.05, 0.1) is 17.4 Å². The first-order valence-electron chi connectivity index (χ1n) is 9.14. The Morgan fingerprint density at radius 1 is 1.48 bits per heavy atom. The summed E-state index contributed by atoms with van der Waals surface area (Å²) < 4.78 is 11.3. The Bertz CT molecular complexity index is 903. The molecule has 0 spiro atoms. The van der Waals surface area contributed by atoms with E-state index in [9.17, 15) is 4.79 Å². The minimum Gasteiger partial charge on any atom is -0.355 e. The summed E-state index contributed by atoms with van der Waals surface area (Å²) in [6.45, 7) is 5.36. The van der Waals surface area contributed by atoms with Crippen LogP contribution in [0.2, 0.25) is 0 Å². The average molecular weight is 386 g/mol. The second-order valence-corrected chi connectivity index (χ2v) is 7.79. The number of carbonyl (C=O) groups excluding carboxylic acids is 1. The van der Waals surface area contributed by atoms with E-state index in [0.717, 1.165) is 35.7 Å². The number of aryl methyl sites for hydroxylation is 1. The zero-order chi connectivity index (χ0) is 18.8. The molecule has 1 aliphatic rings. The first kappa shape index (κ1) is 17.8. The number of aromatic nitrogens is 5. The van der Waals surface area contributed by atoms with Crippen LogP contribution < -0.4 is 0 Å². The number of nitrogens with zero attached hydrogens (tertiary/aromatic N) is 6. The maximum absolute atomic E-state index is 12.8. The van der Waals surface area contributed by atoms with Crippen LogP contribution in [0.1, 0.15) is 49.5 Å². The van der Waals surface area contributed by atoms with Gasteiger partial charge in [0.1, 0.15) is 4.88 Å². The van der Waals surface area contributed by atoms with E-state index in [2.05, 4.69) is 19.8 Å². The molecular formula is C18H22N6O2S. The molecule has 2 unspecified atom stereocenters. The molecule has 4 rings (SSSR count). The van der Waals surface area contributed by atoms with Gasteiger partial charge in [0.2, 0.25) is 5.91 Å². The molecule has 2 atom stereocenters. The Morgan fingerprint density at radius 2 is 2.37 bits per heavy atom. The molecule has 1 saturated heterocycles. The van der Waals surface area contributed by atoms with Crippen LogP contribution in [0.25, 0.3) is 10.6 Å². The van der Waals surface area contributed by atoms with Crippen molar-refractivity contribution in [1.29, 1.82) is 0 Å². The van der Waals surface area contributed by atoms with Crippen LogP contribution in [0, 0.1) is 6.92 Å². The summed E-state index contributed by atoms with van der Waals surface area (Å²) in [4.78, 5) is 15.7. The predicted molar refractivity (Wildman–Crippen MR) is 100 cm³/mol. The highest BCUT2D eigenvalue weighted by Crippen LogP contribution is 2.35. The summed E-state index contributed by atoms with van der Waals surface area (Å²) >= 11 is 1.32. The van der Waals surface area contributed by atoms with E-state index in [-0.39, 0.29) is 17.9 Å². The molecule has 0 aliphatic carbocycles. The summed E-state index contributed by atoms with van der Waals surface area (Å²) in [5.41, 5.74) is 1.74. The molecule has 0 radical (unpaired) electrons. The molecule has 142 valence electrons. The van der Waals surface area contributed by atoms with Gasteiger partial charge in [-0.25, -0.2) is 0 Å². The van der Waals surface area contributed by atoms with E-state index in [4.69, 9.17) is 4.52 Å². The van der Waals surface area contributed by atoms with E-state index in [0.29, 0.717) is 18.7 Å². The van der Waals surface area contributed by atoms with Gasteiger partial charge >= 0.3 is 0 Å². The fourth-order valence-electron chi connectivity index (χ4n) is 3.55. The number of carbonyl (C=O) groups is 1. The van der Waals surface area contributed by atoms with Gasteiger partial charge in [0.15, 0.2) is 5.76 Å². The van der Waals surface area contributed by atoms with Crippen LogP contribution in [0.15, 0.2) is 29.0 Å². The normalized spacial score (nSPS) is 18.6. The predicted octanol–water partition coefficient (Wildman–Crippen LogP) is 3.06. The van der Waals surface area contributed by atoms with Crippen molar-refractivity contribution < 1.29 is 9.32 Å². The molecule has 1 amide bonds. The van der Waals surface area contributed by atoms with Gasteiger partial charge < -0.3 is 9.42 Å². The van der Waals surface area contributed by atoms with Gasteiger partial charge in [-0.2, -0.15) is 5.10 Å². The third-order valence-corrected chi connectivity index (χ3v) is 5.73. The summed E-state index contributed by atoms with van der Waals surface area (Å²) in [7, 11) is 0. The molecule has 3 aromatic heterocycles. The lowest BCUT2D eigenvalue weighted by Gasteiger charge is -2.33. The molecule has 3 aromatic rings. The zero-order valence-electron chi connectivity index (χ0n) is 15.4. The van der Waals surface area contributed by atoms with Crippen molar-refractivity contribution >= 4 is 17.4 Å². The quantitative estimate of drug-likeness (QED) is 0.669. The number of hydrogen-bond donors (Lipinski definition) is 0. The molecule has 27 heavy (non-hydrogen) atoms. The van der Waals surface area contributed by atoms with Gasteiger partial charge in [-0.05, 0) is 44.3 Å². The highest BCUT2D eigenvalue weighted by molar-refractivity contribution is 7.09. The lowest BCUT2D eigenvalue weighted by Crippen LogP contribution is -2.40. The Labute approximate surface area is 161 Å². The summed E-state index contributed by atoms with van der Waals surface area (Å²) in [6, 6.07) is 3.82. The fraction of sp³-hybridized carbons (Fsp3) is 0.500. The molecule has 0 aromatic carbocycles. The van der Waals surface area contributed by atoms with Crippen LogP contribution in [-0.4, -0.2) is 48.4 Å². The number of hydrogen-bond acceptors (Lipinski definition) is 7. The van der Waals surface area contributed by atoms with E-state index in [1.807, 2.05) is 41.8 Å². The van der Waals surface area contributed by atoms with Crippen molar-refractivity contribution in [2.45, 2.75) is 45.1 Å². The largest absolute Gasteiger partial charge is 0.355 e. The molecule has 0 bridgehead atoms. The maximum Gasteiger partial charge on any atom is 0.224 e. The minimum absolute atomic E-state index is 0.0431. The monoisotopic (exact) mass is 386 g/mol. The van der Waals surface area contributed by atoms with E-state index >= 15 is 0 Å². The van der Waals surface area contributed by atoms with E-state index < -0.39 is 0 Å². The van der Waals surface area contributed by atoms with Crippen molar-refractivity contribution in [3.8, 4) is 10.6 Å². The first-order valence-corrected chi connectivity index (χ1v) is 9.92. The van der Waals surface area contributed by atoms with Gasteiger partial charge in [0.25, 0.3) is 0 Å². The number of piperidine rings is 1. The molecular weight excluding hydrogens is 364 g/mol. The highest BCUT2D eigenvalue weighted by atomic mass is 32.1. The smallest absolute Gasteiger partial charge is 0.224 e. The third-order valence-electron chi connectivity index (χ3n) is 4.97. The number of rotatable bonds is 5. The first-order chi connectivity index (χ1) is 13.1. The lowest BCUT2D eigenvalue weighted by atomic mass is 9.93.